The van der Waals surface area contributed by atoms with E-state index in [0.29, 0.717) is 5.16 Å². The van der Waals surface area contributed by atoms with Crippen LogP contribution in [-0.4, -0.2) is 36.3 Å². The third-order valence-electron chi connectivity index (χ3n) is 2.59. The van der Waals surface area contributed by atoms with E-state index in [4.69, 9.17) is 0 Å². The Morgan fingerprint density at radius 1 is 1.48 bits per heavy atom. The Morgan fingerprint density at radius 3 is 2.81 bits per heavy atom. The molecular formula is C11H12N6O3S. The number of nitrogens with zero attached hydrogens (tertiary/aromatic N) is 5. The van der Waals surface area contributed by atoms with E-state index in [1.54, 1.807) is 20.0 Å². The number of hydrogen-bond donors (Lipinski definition) is 1. The molecular weight excluding hydrogens is 296 g/mol. The van der Waals surface area contributed by atoms with Crippen molar-refractivity contribution in [3.8, 4) is 0 Å². The summed E-state index contributed by atoms with van der Waals surface area (Å²) in [7, 11) is 1.66. The molecule has 0 bridgehead atoms. The number of amides is 1. The molecule has 21 heavy (non-hydrogen) atoms. The first-order valence-electron chi connectivity index (χ1n) is 5.92. The van der Waals surface area contributed by atoms with Crippen molar-refractivity contribution >= 4 is 29.0 Å². The zero-order valence-electron chi connectivity index (χ0n) is 11.3. The Balaban J connectivity index is 2.08. The number of aryl methyl sites for hydroxylation is 1. The van der Waals surface area contributed by atoms with Crippen LogP contribution in [0.1, 0.15) is 6.92 Å². The van der Waals surface area contributed by atoms with Crippen LogP contribution in [0.5, 0.6) is 0 Å². The molecule has 1 aromatic carbocycles. The van der Waals surface area contributed by atoms with Gasteiger partial charge in [0.05, 0.1) is 10.2 Å². The van der Waals surface area contributed by atoms with Crippen molar-refractivity contribution in [2.24, 2.45) is 7.05 Å². The average molecular weight is 308 g/mol. The number of nitro benzene ring substituents is 1. The SMILES string of the molecule is CC(Sc1nnnn1C)C(=O)Nc1ccccc1[N+](=O)[O-]. The van der Waals surface area contributed by atoms with Crippen LogP contribution in [0.25, 0.3) is 0 Å². The summed E-state index contributed by atoms with van der Waals surface area (Å²) >= 11 is 1.16. The van der Waals surface area contributed by atoms with Gasteiger partial charge in [0.1, 0.15) is 5.69 Å². The van der Waals surface area contributed by atoms with Crippen LogP contribution in [-0.2, 0) is 11.8 Å². The lowest BCUT2D eigenvalue weighted by Gasteiger charge is -2.10. The van der Waals surface area contributed by atoms with E-state index in [9.17, 15) is 14.9 Å². The molecule has 1 heterocycles. The van der Waals surface area contributed by atoms with Gasteiger partial charge in [-0.25, -0.2) is 4.68 Å². The number of rotatable bonds is 5. The Hall–Kier alpha value is -2.49. The number of anilines is 1. The predicted octanol–water partition coefficient (Wildman–Crippen LogP) is 1.24. The van der Waals surface area contributed by atoms with E-state index in [1.165, 1.54) is 22.9 Å². The maximum Gasteiger partial charge on any atom is 0.292 e. The smallest absolute Gasteiger partial charge is 0.292 e. The lowest BCUT2D eigenvalue weighted by atomic mass is 10.2. The van der Waals surface area contributed by atoms with Crippen molar-refractivity contribution in [1.82, 2.24) is 20.2 Å². The third-order valence-corrected chi connectivity index (χ3v) is 3.72. The largest absolute Gasteiger partial charge is 0.319 e. The lowest BCUT2D eigenvalue weighted by Crippen LogP contribution is -2.23. The van der Waals surface area contributed by atoms with Gasteiger partial charge in [-0.15, -0.1) is 5.10 Å². The van der Waals surface area contributed by atoms with Crippen molar-refractivity contribution in [2.75, 3.05) is 5.32 Å². The molecule has 0 radical (unpaired) electrons. The van der Waals surface area contributed by atoms with Crippen molar-refractivity contribution < 1.29 is 9.72 Å². The average Bonchev–Trinajstić information content (AvgIpc) is 2.84. The standard InChI is InChI=1S/C11H12N6O3S/c1-7(21-11-13-14-15-16(11)2)10(18)12-8-5-3-4-6-9(8)17(19)20/h3-7H,1-2H3,(H,12,18). The summed E-state index contributed by atoms with van der Waals surface area (Å²) in [6.07, 6.45) is 0. The number of nitro groups is 1. The van der Waals surface area contributed by atoms with Gasteiger partial charge in [-0.1, -0.05) is 23.9 Å². The normalized spacial score (nSPS) is 11.9. The maximum atomic E-state index is 12.1. The summed E-state index contributed by atoms with van der Waals surface area (Å²) in [6.45, 7) is 1.67. The van der Waals surface area contributed by atoms with Crippen LogP contribution < -0.4 is 5.32 Å². The molecule has 0 saturated carbocycles. The van der Waals surface area contributed by atoms with Crippen LogP contribution in [0.3, 0.4) is 0 Å². The number of tetrazole rings is 1. The number of hydrogen-bond acceptors (Lipinski definition) is 7. The Bertz CT molecular complexity index is 673. The molecule has 0 fully saturated rings. The molecule has 0 aliphatic carbocycles. The van der Waals surface area contributed by atoms with Gasteiger partial charge in [-0.3, -0.25) is 14.9 Å². The Morgan fingerprint density at radius 2 is 2.19 bits per heavy atom. The second-order valence-electron chi connectivity index (χ2n) is 4.11. The molecule has 0 aliphatic heterocycles. The number of carbonyl (C=O) groups excluding carboxylic acids is 1. The van der Waals surface area contributed by atoms with Gasteiger partial charge in [-0.05, 0) is 23.4 Å². The molecule has 110 valence electrons. The summed E-state index contributed by atoms with van der Waals surface area (Å²) in [5.74, 6) is -0.364. The first kappa shape index (κ1) is 14.9. The fourth-order valence-electron chi connectivity index (χ4n) is 1.51. The number of benzene rings is 1. The summed E-state index contributed by atoms with van der Waals surface area (Å²) in [5.41, 5.74) is 0.0133. The number of aromatic nitrogens is 4. The van der Waals surface area contributed by atoms with Gasteiger partial charge in [0.15, 0.2) is 0 Å². The summed E-state index contributed by atoms with van der Waals surface area (Å²) < 4.78 is 1.44. The molecule has 1 N–H and O–H groups in total. The minimum Gasteiger partial charge on any atom is -0.319 e. The van der Waals surface area contributed by atoms with Crippen LogP contribution in [0, 0.1) is 10.1 Å². The van der Waals surface area contributed by atoms with Gasteiger partial charge in [-0.2, -0.15) is 0 Å². The molecule has 0 saturated heterocycles. The number of thioether (sulfide) groups is 1. The minimum absolute atomic E-state index is 0.150. The summed E-state index contributed by atoms with van der Waals surface area (Å²) in [5, 5.41) is 24.3. The first-order chi connectivity index (χ1) is 9.99. The highest BCUT2D eigenvalue weighted by atomic mass is 32.2. The predicted molar refractivity (Wildman–Crippen MR) is 75.8 cm³/mol. The van der Waals surface area contributed by atoms with Crippen molar-refractivity contribution in [2.45, 2.75) is 17.3 Å². The second-order valence-corrected chi connectivity index (χ2v) is 5.42. The van der Waals surface area contributed by atoms with Gasteiger partial charge in [0.25, 0.3) is 5.69 Å². The molecule has 1 aromatic heterocycles. The van der Waals surface area contributed by atoms with E-state index in [-0.39, 0.29) is 17.3 Å². The van der Waals surface area contributed by atoms with E-state index < -0.39 is 10.2 Å². The summed E-state index contributed by atoms with van der Waals surface area (Å²) in [6, 6.07) is 5.97. The summed E-state index contributed by atoms with van der Waals surface area (Å²) in [4.78, 5) is 22.4. The Kier molecular flexibility index (Phi) is 4.48. The zero-order valence-corrected chi connectivity index (χ0v) is 12.1. The second kappa shape index (κ2) is 6.31. The number of nitrogens with one attached hydrogen (secondary N) is 1. The molecule has 10 heteroatoms. The fourth-order valence-corrected chi connectivity index (χ4v) is 2.26. The maximum absolute atomic E-state index is 12.1. The molecule has 1 unspecified atom stereocenters. The van der Waals surface area contributed by atoms with E-state index in [2.05, 4.69) is 20.8 Å². The van der Waals surface area contributed by atoms with Crippen LogP contribution in [0.4, 0.5) is 11.4 Å². The van der Waals surface area contributed by atoms with Gasteiger partial charge in [0, 0.05) is 13.1 Å². The molecule has 9 nitrogen and oxygen atoms in total. The fraction of sp³-hybridized carbons (Fsp3) is 0.273. The molecule has 2 rings (SSSR count). The van der Waals surface area contributed by atoms with Gasteiger partial charge >= 0.3 is 0 Å². The van der Waals surface area contributed by atoms with Crippen LogP contribution in [0.15, 0.2) is 29.4 Å². The molecule has 1 amide bonds. The molecule has 1 atom stereocenters. The van der Waals surface area contributed by atoms with Crippen molar-refractivity contribution in [3.05, 3.63) is 34.4 Å². The van der Waals surface area contributed by atoms with E-state index >= 15 is 0 Å². The highest BCUT2D eigenvalue weighted by Gasteiger charge is 2.21. The lowest BCUT2D eigenvalue weighted by molar-refractivity contribution is -0.383. The van der Waals surface area contributed by atoms with Crippen LogP contribution >= 0.6 is 11.8 Å². The molecule has 0 spiro atoms. The molecule has 2 aromatic rings. The number of carbonyl (C=O) groups is 1. The van der Waals surface area contributed by atoms with Crippen LogP contribution in [0.2, 0.25) is 0 Å². The highest BCUT2D eigenvalue weighted by Crippen LogP contribution is 2.25. The quantitative estimate of drug-likeness (QED) is 0.501. The van der Waals surface area contributed by atoms with Crippen molar-refractivity contribution in [3.63, 3.8) is 0 Å². The zero-order chi connectivity index (χ0) is 15.4. The molecule has 0 aliphatic rings. The Labute approximate surface area is 123 Å². The topological polar surface area (TPSA) is 116 Å². The monoisotopic (exact) mass is 308 g/mol. The van der Waals surface area contributed by atoms with Gasteiger partial charge in [0.2, 0.25) is 11.1 Å². The van der Waals surface area contributed by atoms with E-state index in [1.807, 2.05) is 0 Å². The van der Waals surface area contributed by atoms with Crippen molar-refractivity contribution in [1.29, 1.82) is 0 Å². The third kappa shape index (κ3) is 3.54. The van der Waals surface area contributed by atoms with E-state index in [0.717, 1.165) is 11.8 Å². The van der Waals surface area contributed by atoms with Gasteiger partial charge < -0.3 is 5.32 Å². The highest BCUT2D eigenvalue weighted by molar-refractivity contribution is 8.00. The minimum atomic E-state index is -0.542. The first-order valence-corrected chi connectivity index (χ1v) is 6.80. The number of para-hydroxylation sites is 2.